The zero-order valence-electron chi connectivity index (χ0n) is 16.0. The maximum Gasteiger partial charge on any atom is 0.409 e. The van der Waals surface area contributed by atoms with Crippen LogP contribution < -0.4 is 4.31 Å². The summed E-state index contributed by atoms with van der Waals surface area (Å²) in [5.74, 6) is -0.254. The Morgan fingerprint density at radius 3 is 2.11 bits per heavy atom. The summed E-state index contributed by atoms with van der Waals surface area (Å²) >= 11 is 0. The fourth-order valence-corrected chi connectivity index (χ4v) is 4.36. The maximum absolute atomic E-state index is 13.1. The first-order valence-corrected chi connectivity index (χ1v) is 10.9. The van der Waals surface area contributed by atoms with Crippen molar-refractivity contribution in [3.05, 3.63) is 30.3 Å². The standard InChI is InChI=1S/C18H27N3O5S/c1-4-16(21(27(3,24)25)15-9-7-6-8-10-15)17(22)19-11-13-20(14-12-19)18(23)26-5-2/h6-10,16H,4-5,11-14H2,1-3H3. The highest BCUT2D eigenvalue weighted by molar-refractivity contribution is 7.92. The van der Waals surface area contributed by atoms with Crippen molar-refractivity contribution in [1.29, 1.82) is 0 Å². The molecule has 1 unspecified atom stereocenters. The summed E-state index contributed by atoms with van der Waals surface area (Å²) in [6.07, 6.45) is 1.06. The molecule has 1 aliphatic heterocycles. The molecule has 2 amide bonds. The van der Waals surface area contributed by atoms with E-state index in [9.17, 15) is 18.0 Å². The van der Waals surface area contributed by atoms with Crippen LogP contribution >= 0.6 is 0 Å². The van der Waals surface area contributed by atoms with Crippen molar-refractivity contribution in [1.82, 2.24) is 9.80 Å². The fraction of sp³-hybridized carbons (Fsp3) is 0.556. The van der Waals surface area contributed by atoms with Crippen LogP contribution in [0, 0.1) is 0 Å². The molecule has 1 aliphatic rings. The van der Waals surface area contributed by atoms with Crippen molar-refractivity contribution >= 4 is 27.7 Å². The summed E-state index contributed by atoms with van der Waals surface area (Å²) in [6.45, 7) is 5.26. The van der Waals surface area contributed by atoms with Crippen LogP contribution in [-0.2, 0) is 19.6 Å². The number of amides is 2. The summed E-state index contributed by atoms with van der Waals surface area (Å²) in [5, 5.41) is 0. The van der Waals surface area contributed by atoms with Crippen LogP contribution in [0.15, 0.2) is 30.3 Å². The lowest BCUT2D eigenvalue weighted by Crippen LogP contribution is -2.56. The van der Waals surface area contributed by atoms with Gasteiger partial charge in [-0.2, -0.15) is 0 Å². The first-order chi connectivity index (χ1) is 12.8. The fourth-order valence-electron chi connectivity index (χ4n) is 3.15. The van der Waals surface area contributed by atoms with Crippen molar-refractivity contribution in [3.8, 4) is 0 Å². The predicted octanol–water partition coefficient (Wildman–Crippen LogP) is 1.53. The molecule has 8 nitrogen and oxygen atoms in total. The van der Waals surface area contributed by atoms with Crippen LogP contribution in [0.4, 0.5) is 10.5 Å². The third kappa shape index (κ3) is 5.12. The average molecular weight is 397 g/mol. The molecule has 0 spiro atoms. The highest BCUT2D eigenvalue weighted by Gasteiger charge is 2.35. The lowest BCUT2D eigenvalue weighted by Gasteiger charge is -2.38. The monoisotopic (exact) mass is 397 g/mol. The minimum atomic E-state index is -3.64. The number of benzene rings is 1. The van der Waals surface area contributed by atoms with Crippen LogP contribution in [0.1, 0.15) is 20.3 Å². The van der Waals surface area contributed by atoms with E-state index >= 15 is 0 Å². The van der Waals surface area contributed by atoms with Gasteiger partial charge in [0.2, 0.25) is 15.9 Å². The number of rotatable bonds is 6. The van der Waals surface area contributed by atoms with Gasteiger partial charge in [-0.1, -0.05) is 25.1 Å². The summed E-state index contributed by atoms with van der Waals surface area (Å²) in [6, 6.07) is 7.80. The van der Waals surface area contributed by atoms with Crippen molar-refractivity contribution in [2.24, 2.45) is 0 Å². The Bertz CT molecular complexity index is 746. The van der Waals surface area contributed by atoms with Gasteiger partial charge in [-0.05, 0) is 25.5 Å². The zero-order valence-corrected chi connectivity index (χ0v) is 16.8. The Morgan fingerprint density at radius 2 is 1.63 bits per heavy atom. The molecular weight excluding hydrogens is 370 g/mol. The van der Waals surface area contributed by atoms with Gasteiger partial charge < -0.3 is 14.5 Å². The summed E-state index contributed by atoms with van der Waals surface area (Å²) in [7, 11) is -3.64. The molecule has 0 aromatic heterocycles. The van der Waals surface area contributed by atoms with E-state index in [-0.39, 0.29) is 5.91 Å². The Labute approximate surface area is 160 Å². The number of carbonyl (C=O) groups excluding carboxylic acids is 2. The maximum atomic E-state index is 13.1. The molecule has 0 bridgehead atoms. The van der Waals surface area contributed by atoms with Crippen LogP contribution in [0.2, 0.25) is 0 Å². The molecule has 1 aromatic carbocycles. The topological polar surface area (TPSA) is 87.2 Å². The Morgan fingerprint density at radius 1 is 1.07 bits per heavy atom. The van der Waals surface area contributed by atoms with Crippen LogP contribution in [0.25, 0.3) is 0 Å². The van der Waals surface area contributed by atoms with E-state index in [4.69, 9.17) is 4.74 Å². The van der Waals surface area contributed by atoms with Crippen molar-refractivity contribution in [2.75, 3.05) is 43.3 Å². The van der Waals surface area contributed by atoms with Gasteiger partial charge in [-0.3, -0.25) is 9.10 Å². The van der Waals surface area contributed by atoms with E-state index in [1.165, 1.54) is 4.31 Å². The number of nitrogens with zero attached hydrogens (tertiary/aromatic N) is 3. The van der Waals surface area contributed by atoms with E-state index in [1.54, 1.807) is 54.0 Å². The minimum absolute atomic E-state index is 0.254. The number of hydrogen-bond acceptors (Lipinski definition) is 5. The summed E-state index contributed by atoms with van der Waals surface area (Å²) in [4.78, 5) is 28.1. The number of sulfonamides is 1. The SMILES string of the molecule is CCOC(=O)N1CCN(C(=O)C(CC)N(c2ccccc2)S(C)(=O)=O)CC1. The normalized spacial score (nSPS) is 16.0. The zero-order chi connectivity index (χ0) is 20.0. The largest absolute Gasteiger partial charge is 0.450 e. The van der Waals surface area contributed by atoms with Gasteiger partial charge in [0.15, 0.2) is 0 Å². The molecule has 150 valence electrons. The van der Waals surface area contributed by atoms with Crippen molar-refractivity contribution < 1.29 is 22.7 Å². The molecule has 0 saturated carbocycles. The number of carbonyl (C=O) groups is 2. The van der Waals surface area contributed by atoms with Gasteiger partial charge >= 0.3 is 6.09 Å². The Hall–Kier alpha value is -2.29. The quantitative estimate of drug-likeness (QED) is 0.727. The molecule has 2 rings (SSSR count). The van der Waals surface area contributed by atoms with E-state index < -0.39 is 22.2 Å². The molecule has 1 fully saturated rings. The van der Waals surface area contributed by atoms with E-state index in [2.05, 4.69) is 0 Å². The second kappa shape index (κ2) is 9.07. The third-order valence-electron chi connectivity index (χ3n) is 4.44. The Kier molecular flexibility index (Phi) is 7.06. The third-order valence-corrected chi connectivity index (χ3v) is 5.62. The van der Waals surface area contributed by atoms with E-state index in [0.29, 0.717) is 44.9 Å². The van der Waals surface area contributed by atoms with Crippen LogP contribution in [0.5, 0.6) is 0 Å². The highest BCUT2D eigenvalue weighted by Crippen LogP contribution is 2.23. The smallest absolute Gasteiger partial charge is 0.409 e. The van der Waals surface area contributed by atoms with Crippen molar-refractivity contribution in [3.63, 3.8) is 0 Å². The van der Waals surface area contributed by atoms with Gasteiger partial charge in [0.05, 0.1) is 18.6 Å². The van der Waals surface area contributed by atoms with Gasteiger partial charge in [-0.25, -0.2) is 13.2 Å². The minimum Gasteiger partial charge on any atom is -0.450 e. The number of anilines is 1. The average Bonchev–Trinajstić information content (AvgIpc) is 2.65. The molecule has 9 heteroatoms. The van der Waals surface area contributed by atoms with E-state index in [1.807, 2.05) is 0 Å². The highest BCUT2D eigenvalue weighted by atomic mass is 32.2. The van der Waals surface area contributed by atoms with Gasteiger partial charge in [0, 0.05) is 26.2 Å². The molecular formula is C18H27N3O5S. The predicted molar refractivity (Wildman–Crippen MR) is 103 cm³/mol. The molecule has 1 aromatic rings. The summed E-state index contributed by atoms with van der Waals surface area (Å²) < 4.78 is 31.0. The summed E-state index contributed by atoms with van der Waals surface area (Å²) in [5.41, 5.74) is 0.463. The van der Waals surface area contributed by atoms with Crippen LogP contribution in [-0.4, -0.2) is 75.3 Å². The first-order valence-electron chi connectivity index (χ1n) is 9.04. The molecule has 1 atom stereocenters. The number of piperazine rings is 1. The van der Waals surface area contributed by atoms with Crippen LogP contribution in [0.3, 0.4) is 0 Å². The molecule has 0 N–H and O–H groups in total. The first kappa shape index (κ1) is 21.0. The number of hydrogen-bond donors (Lipinski definition) is 0. The molecule has 0 radical (unpaired) electrons. The molecule has 27 heavy (non-hydrogen) atoms. The van der Waals surface area contributed by atoms with E-state index in [0.717, 1.165) is 6.26 Å². The number of para-hydroxylation sites is 1. The van der Waals surface area contributed by atoms with Gasteiger partial charge in [0.1, 0.15) is 6.04 Å². The lowest BCUT2D eigenvalue weighted by atomic mass is 10.1. The molecule has 1 saturated heterocycles. The molecule has 1 heterocycles. The number of ether oxygens (including phenoxy) is 1. The second-order valence-electron chi connectivity index (χ2n) is 6.33. The Balaban J connectivity index is 2.16. The second-order valence-corrected chi connectivity index (χ2v) is 8.19. The van der Waals surface area contributed by atoms with Gasteiger partial charge in [0.25, 0.3) is 0 Å². The lowest BCUT2D eigenvalue weighted by molar-refractivity contribution is -0.134. The van der Waals surface area contributed by atoms with Gasteiger partial charge in [-0.15, -0.1) is 0 Å². The molecule has 0 aliphatic carbocycles. The van der Waals surface area contributed by atoms with Crippen molar-refractivity contribution in [2.45, 2.75) is 26.3 Å².